The molecule has 96 valence electrons. The minimum atomic E-state index is -0.0769. The molecule has 0 radical (unpaired) electrons. The lowest BCUT2D eigenvalue weighted by Crippen LogP contribution is -2.23. The first-order valence-electron chi connectivity index (χ1n) is 5.96. The summed E-state index contributed by atoms with van der Waals surface area (Å²) in [6.45, 7) is 7.87. The van der Waals surface area contributed by atoms with E-state index in [1.54, 1.807) is 0 Å². The van der Waals surface area contributed by atoms with Crippen molar-refractivity contribution in [3.8, 4) is 0 Å². The van der Waals surface area contributed by atoms with Crippen molar-refractivity contribution in [2.24, 2.45) is 5.92 Å². The number of nitrogen functional groups attached to an aromatic ring is 1. The van der Waals surface area contributed by atoms with Crippen LogP contribution in [0.15, 0.2) is 6.07 Å². The summed E-state index contributed by atoms with van der Waals surface area (Å²) in [5, 5.41) is 7.06. The van der Waals surface area contributed by atoms with Crippen molar-refractivity contribution in [1.29, 1.82) is 0 Å². The van der Waals surface area contributed by atoms with Crippen molar-refractivity contribution >= 4 is 27.9 Å². The van der Waals surface area contributed by atoms with Crippen molar-refractivity contribution in [1.82, 2.24) is 5.32 Å². The minimum Gasteiger partial charge on any atom is -0.397 e. The first kappa shape index (κ1) is 13.8. The average Bonchev–Trinajstić information content (AvgIpc) is 2.65. The highest BCUT2D eigenvalue weighted by Crippen LogP contribution is 2.29. The van der Waals surface area contributed by atoms with Crippen LogP contribution in [0, 0.1) is 5.92 Å². The van der Waals surface area contributed by atoms with Crippen LogP contribution < -0.4 is 16.4 Å². The van der Waals surface area contributed by atoms with Crippen LogP contribution in [0.2, 0.25) is 0 Å². The van der Waals surface area contributed by atoms with E-state index in [1.807, 2.05) is 13.0 Å². The highest BCUT2D eigenvalue weighted by Gasteiger charge is 2.13. The molecule has 1 aromatic rings. The summed E-state index contributed by atoms with van der Waals surface area (Å²) in [5.41, 5.74) is 6.38. The minimum absolute atomic E-state index is 0.0769. The third kappa shape index (κ3) is 4.26. The van der Waals surface area contributed by atoms with Crippen LogP contribution in [0.1, 0.15) is 36.9 Å². The van der Waals surface area contributed by atoms with Gasteiger partial charge in [-0.3, -0.25) is 4.79 Å². The van der Waals surface area contributed by atoms with Crippen molar-refractivity contribution in [3.63, 3.8) is 0 Å². The summed E-state index contributed by atoms with van der Waals surface area (Å²) in [6, 6.07) is 1.83. The Hall–Kier alpha value is -1.23. The molecule has 0 fully saturated rings. The maximum Gasteiger partial charge on any atom is 0.263 e. The predicted octanol–water partition coefficient (Wildman–Crippen LogP) is 2.54. The van der Waals surface area contributed by atoms with Gasteiger partial charge >= 0.3 is 0 Å². The Morgan fingerprint density at radius 3 is 2.82 bits per heavy atom. The molecule has 1 aromatic heterocycles. The Balaban J connectivity index is 2.64. The van der Waals surface area contributed by atoms with Crippen molar-refractivity contribution in [3.05, 3.63) is 10.9 Å². The quantitative estimate of drug-likeness (QED) is 0.731. The number of carbonyl (C=O) groups excluding carboxylic acids is 1. The molecule has 1 rings (SSSR count). The highest BCUT2D eigenvalue weighted by atomic mass is 32.1. The fourth-order valence-electron chi connectivity index (χ4n) is 1.29. The zero-order valence-electron chi connectivity index (χ0n) is 10.7. The van der Waals surface area contributed by atoms with Gasteiger partial charge < -0.3 is 16.4 Å². The van der Waals surface area contributed by atoms with Crippen LogP contribution in [0.5, 0.6) is 0 Å². The van der Waals surface area contributed by atoms with Gasteiger partial charge in [-0.1, -0.05) is 20.8 Å². The lowest BCUT2D eigenvalue weighted by Gasteiger charge is -2.05. The Kier molecular flexibility index (Phi) is 5.28. The molecular weight excluding hydrogens is 234 g/mol. The molecule has 4 nitrogen and oxygen atoms in total. The SMILES string of the molecule is CCCNC(=O)c1sc(NCC(C)C)cc1N. The fraction of sp³-hybridized carbons (Fsp3) is 0.583. The fourth-order valence-corrected chi connectivity index (χ4v) is 2.20. The lowest BCUT2D eigenvalue weighted by atomic mass is 10.2. The van der Waals surface area contributed by atoms with E-state index in [2.05, 4.69) is 24.5 Å². The summed E-state index contributed by atoms with van der Waals surface area (Å²) in [5.74, 6) is 0.489. The first-order chi connectivity index (χ1) is 8.04. The van der Waals surface area contributed by atoms with Crippen LogP contribution in [0.25, 0.3) is 0 Å². The Morgan fingerprint density at radius 2 is 2.24 bits per heavy atom. The molecule has 0 bridgehead atoms. The van der Waals surface area contributed by atoms with Crippen LogP contribution in [-0.4, -0.2) is 19.0 Å². The van der Waals surface area contributed by atoms with E-state index in [9.17, 15) is 4.79 Å². The Bertz CT molecular complexity index is 374. The number of carbonyl (C=O) groups is 1. The van der Waals surface area contributed by atoms with Gasteiger partial charge in [0.05, 0.1) is 10.7 Å². The van der Waals surface area contributed by atoms with E-state index < -0.39 is 0 Å². The average molecular weight is 255 g/mol. The third-order valence-corrected chi connectivity index (χ3v) is 3.29. The summed E-state index contributed by atoms with van der Waals surface area (Å²) in [7, 11) is 0. The van der Waals surface area contributed by atoms with Gasteiger partial charge in [0.2, 0.25) is 0 Å². The number of anilines is 2. The first-order valence-corrected chi connectivity index (χ1v) is 6.77. The maximum absolute atomic E-state index is 11.8. The largest absolute Gasteiger partial charge is 0.397 e. The number of hydrogen-bond acceptors (Lipinski definition) is 4. The molecule has 17 heavy (non-hydrogen) atoms. The summed E-state index contributed by atoms with van der Waals surface area (Å²) in [4.78, 5) is 12.4. The summed E-state index contributed by atoms with van der Waals surface area (Å²) >= 11 is 1.41. The molecule has 0 saturated carbocycles. The molecule has 1 heterocycles. The molecule has 0 aliphatic rings. The molecule has 0 aromatic carbocycles. The number of hydrogen-bond donors (Lipinski definition) is 3. The third-order valence-electron chi connectivity index (χ3n) is 2.19. The van der Waals surface area contributed by atoms with Gasteiger partial charge in [-0.15, -0.1) is 11.3 Å². The number of nitrogens with two attached hydrogens (primary N) is 1. The zero-order chi connectivity index (χ0) is 12.8. The van der Waals surface area contributed by atoms with Crippen LogP contribution in [0.4, 0.5) is 10.7 Å². The highest BCUT2D eigenvalue weighted by molar-refractivity contribution is 7.18. The lowest BCUT2D eigenvalue weighted by molar-refractivity contribution is 0.0958. The molecule has 1 amide bonds. The van der Waals surface area contributed by atoms with E-state index >= 15 is 0 Å². The number of nitrogens with one attached hydrogen (secondary N) is 2. The summed E-state index contributed by atoms with van der Waals surface area (Å²) in [6.07, 6.45) is 0.926. The number of amides is 1. The standard InChI is InChI=1S/C12H21N3OS/c1-4-5-14-12(16)11-9(13)6-10(17-11)15-7-8(2)3/h6,8,15H,4-5,7,13H2,1-3H3,(H,14,16). The van der Waals surface area contributed by atoms with Crippen LogP contribution in [-0.2, 0) is 0 Å². The Labute approximate surface area is 107 Å². The smallest absolute Gasteiger partial charge is 0.263 e. The van der Waals surface area contributed by atoms with Gasteiger partial charge in [-0.25, -0.2) is 0 Å². The van der Waals surface area contributed by atoms with Gasteiger partial charge in [-0.2, -0.15) is 0 Å². The van der Waals surface area contributed by atoms with Gasteiger partial charge in [0.15, 0.2) is 0 Å². The molecule has 0 spiro atoms. The summed E-state index contributed by atoms with van der Waals surface area (Å²) < 4.78 is 0. The van der Waals surface area contributed by atoms with Gasteiger partial charge in [-0.05, 0) is 18.4 Å². The van der Waals surface area contributed by atoms with Gasteiger partial charge in [0.1, 0.15) is 4.88 Å². The van der Waals surface area contributed by atoms with Gasteiger partial charge in [0, 0.05) is 13.1 Å². The normalized spacial score (nSPS) is 10.6. The van der Waals surface area contributed by atoms with Crippen LogP contribution >= 0.6 is 11.3 Å². The zero-order valence-corrected chi connectivity index (χ0v) is 11.5. The van der Waals surface area contributed by atoms with E-state index in [0.717, 1.165) is 18.0 Å². The second-order valence-corrected chi connectivity index (χ2v) is 5.48. The monoisotopic (exact) mass is 255 g/mol. The van der Waals surface area contributed by atoms with E-state index in [1.165, 1.54) is 11.3 Å². The second kappa shape index (κ2) is 6.49. The topological polar surface area (TPSA) is 67.2 Å². The number of rotatable bonds is 6. The van der Waals surface area contributed by atoms with Crippen molar-refractivity contribution < 1.29 is 4.79 Å². The van der Waals surface area contributed by atoms with Crippen molar-refractivity contribution in [2.75, 3.05) is 24.1 Å². The van der Waals surface area contributed by atoms with E-state index in [4.69, 9.17) is 5.73 Å². The molecular formula is C12H21N3OS. The van der Waals surface area contributed by atoms with E-state index in [-0.39, 0.29) is 5.91 Å². The predicted molar refractivity (Wildman–Crippen MR) is 74.7 cm³/mol. The molecule has 0 unspecified atom stereocenters. The van der Waals surface area contributed by atoms with Crippen molar-refractivity contribution in [2.45, 2.75) is 27.2 Å². The second-order valence-electron chi connectivity index (χ2n) is 4.43. The molecule has 0 aliphatic heterocycles. The molecule has 0 atom stereocenters. The van der Waals surface area contributed by atoms with Gasteiger partial charge in [0.25, 0.3) is 5.91 Å². The molecule has 5 heteroatoms. The van der Waals surface area contributed by atoms with E-state index in [0.29, 0.717) is 23.0 Å². The Morgan fingerprint density at radius 1 is 1.53 bits per heavy atom. The maximum atomic E-state index is 11.8. The molecule has 0 saturated heterocycles. The number of thiophene rings is 1. The molecule has 0 aliphatic carbocycles. The van der Waals surface area contributed by atoms with Crippen LogP contribution in [0.3, 0.4) is 0 Å². The molecule has 4 N–H and O–H groups in total.